The molecule has 2 amide bonds. The standard InChI is InChI=1S/C26H28N2O7/c29-12-23-25-19(9-17(34-23)10-24(30)27-11-14-1-2-14)18-8-16(4-6-20(18)35-25)28-26(31)15-3-5-21-22(7-15)33-13-32-21/h3-8,14,17,19,23,25,29H,1-2,9-13H2,(H,27,30)(H,28,31)/t17-,19-,23-,25+/m1/s1. The summed E-state index contributed by atoms with van der Waals surface area (Å²) < 4.78 is 22.8. The molecule has 3 heterocycles. The quantitative estimate of drug-likeness (QED) is 0.558. The van der Waals surface area contributed by atoms with Gasteiger partial charge >= 0.3 is 0 Å². The van der Waals surface area contributed by atoms with E-state index in [0.29, 0.717) is 40.8 Å². The molecule has 0 spiro atoms. The fraction of sp³-hybridized carbons (Fsp3) is 0.462. The number of rotatable bonds is 7. The maximum absolute atomic E-state index is 12.8. The summed E-state index contributed by atoms with van der Waals surface area (Å²) in [6.45, 7) is 0.679. The van der Waals surface area contributed by atoms with Crippen molar-refractivity contribution in [2.45, 2.75) is 49.9 Å². The third kappa shape index (κ3) is 4.53. The van der Waals surface area contributed by atoms with E-state index in [4.69, 9.17) is 18.9 Å². The fourth-order valence-corrected chi connectivity index (χ4v) is 5.07. The Morgan fingerprint density at radius 1 is 1.03 bits per heavy atom. The first-order valence-corrected chi connectivity index (χ1v) is 12.1. The van der Waals surface area contributed by atoms with Crippen LogP contribution < -0.4 is 24.8 Å². The summed E-state index contributed by atoms with van der Waals surface area (Å²) >= 11 is 0. The molecule has 4 aliphatic rings. The van der Waals surface area contributed by atoms with E-state index in [1.807, 2.05) is 12.1 Å². The second-order valence-electron chi connectivity index (χ2n) is 9.63. The minimum atomic E-state index is -0.519. The van der Waals surface area contributed by atoms with Crippen molar-refractivity contribution in [3.05, 3.63) is 47.5 Å². The van der Waals surface area contributed by atoms with Gasteiger partial charge in [0.25, 0.3) is 5.91 Å². The Balaban J connectivity index is 1.16. The van der Waals surface area contributed by atoms with Gasteiger partial charge in [0.2, 0.25) is 12.7 Å². The van der Waals surface area contributed by atoms with Crippen molar-refractivity contribution in [2.24, 2.45) is 5.92 Å². The largest absolute Gasteiger partial charge is 0.487 e. The Morgan fingerprint density at radius 2 is 1.86 bits per heavy atom. The molecule has 9 nitrogen and oxygen atoms in total. The zero-order valence-electron chi connectivity index (χ0n) is 19.2. The Kier molecular flexibility index (Phi) is 5.74. The molecule has 6 rings (SSSR count). The van der Waals surface area contributed by atoms with E-state index in [1.54, 1.807) is 24.3 Å². The molecule has 184 valence electrons. The lowest BCUT2D eigenvalue weighted by Gasteiger charge is -2.37. The van der Waals surface area contributed by atoms with E-state index in [2.05, 4.69) is 10.6 Å². The van der Waals surface area contributed by atoms with Gasteiger partial charge in [-0.05, 0) is 61.6 Å². The highest BCUT2D eigenvalue weighted by atomic mass is 16.7. The third-order valence-electron chi connectivity index (χ3n) is 7.09. The van der Waals surface area contributed by atoms with Gasteiger partial charge in [-0.3, -0.25) is 9.59 Å². The monoisotopic (exact) mass is 480 g/mol. The Hall–Kier alpha value is -3.30. The first-order chi connectivity index (χ1) is 17.1. The summed E-state index contributed by atoms with van der Waals surface area (Å²) in [6.07, 6.45) is 2.05. The normalized spacial score (nSPS) is 25.9. The van der Waals surface area contributed by atoms with Gasteiger partial charge in [-0.2, -0.15) is 0 Å². The molecule has 3 N–H and O–H groups in total. The number of amides is 2. The summed E-state index contributed by atoms with van der Waals surface area (Å²) in [4.78, 5) is 25.3. The van der Waals surface area contributed by atoms with Crippen molar-refractivity contribution in [2.75, 3.05) is 25.3 Å². The summed E-state index contributed by atoms with van der Waals surface area (Å²) in [5.41, 5.74) is 2.05. The molecule has 35 heavy (non-hydrogen) atoms. The summed E-state index contributed by atoms with van der Waals surface area (Å²) in [5, 5.41) is 15.9. The number of hydrogen-bond acceptors (Lipinski definition) is 7. The van der Waals surface area contributed by atoms with Gasteiger partial charge in [0.15, 0.2) is 11.5 Å². The molecule has 2 fully saturated rings. The Labute approximate surface area is 202 Å². The number of anilines is 1. The molecule has 9 heteroatoms. The highest BCUT2D eigenvalue weighted by molar-refractivity contribution is 6.04. The van der Waals surface area contributed by atoms with Crippen molar-refractivity contribution in [3.8, 4) is 17.2 Å². The van der Waals surface area contributed by atoms with Crippen LogP contribution in [0.3, 0.4) is 0 Å². The van der Waals surface area contributed by atoms with Gasteiger partial charge in [0, 0.05) is 29.3 Å². The Bertz CT molecular complexity index is 1150. The number of carbonyl (C=O) groups is 2. The van der Waals surface area contributed by atoms with Crippen LogP contribution in [0.15, 0.2) is 36.4 Å². The molecular weight excluding hydrogens is 452 g/mol. The third-order valence-corrected chi connectivity index (χ3v) is 7.09. The van der Waals surface area contributed by atoms with E-state index in [-0.39, 0.29) is 49.8 Å². The van der Waals surface area contributed by atoms with Crippen LogP contribution in [-0.4, -0.2) is 55.2 Å². The summed E-state index contributed by atoms with van der Waals surface area (Å²) in [6, 6.07) is 10.6. The van der Waals surface area contributed by atoms with E-state index in [9.17, 15) is 14.7 Å². The van der Waals surface area contributed by atoms with Crippen LogP contribution in [0.1, 0.15) is 47.5 Å². The van der Waals surface area contributed by atoms with Gasteiger partial charge in [-0.1, -0.05) is 0 Å². The second-order valence-corrected chi connectivity index (χ2v) is 9.63. The highest BCUT2D eigenvalue weighted by Gasteiger charge is 2.46. The molecule has 2 aromatic rings. The van der Waals surface area contributed by atoms with Gasteiger partial charge in [0.05, 0.1) is 19.1 Å². The van der Waals surface area contributed by atoms with Crippen LogP contribution in [0, 0.1) is 5.92 Å². The molecule has 4 atom stereocenters. The van der Waals surface area contributed by atoms with E-state index in [0.717, 1.165) is 12.1 Å². The van der Waals surface area contributed by atoms with Crippen molar-refractivity contribution in [1.82, 2.24) is 5.32 Å². The molecule has 0 radical (unpaired) electrons. The average Bonchev–Trinajstić information content (AvgIpc) is 3.45. The first kappa shape index (κ1) is 22.2. The lowest BCUT2D eigenvalue weighted by Crippen LogP contribution is -2.47. The molecule has 0 aromatic heterocycles. The van der Waals surface area contributed by atoms with Crippen molar-refractivity contribution in [3.63, 3.8) is 0 Å². The lowest BCUT2D eigenvalue weighted by molar-refractivity contribution is -0.142. The fourth-order valence-electron chi connectivity index (χ4n) is 5.07. The molecule has 1 aliphatic carbocycles. The second kappa shape index (κ2) is 9.05. The molecule has 0 unspecified atom stereocenters. The summed E-state index contributed by atoms with van der Waals surface area (Å²) in [7, 11) is 0. The van der Waals surface area contributed by atoms with E-state index in [1.165, 1.54) is 12.8 Å². The molecule has 0 bridgehead atoms. The van der Waals surface area contributed by atoms with Crippen LogP contribution >= 0.6 is 0 Å². The van der Waals surface area contributed by atoms with Gasteiger partial charge in [-0.15, -0.1) is 0 Å². The number of carbonyl (C=O) groups excluding carboxylic acids is 2. The number of benzene rings is 2. The van der Waals surface area contributed by atoms with Gasteiger partial charge in [0.1, 0.15) is 18.0 Å². The SMILES string of the molecule is O=C(C[C@H]1C[C@@H]2c3cc(NC(=O)c4ccc5c(c4)OCO5)ccc3O[C@@H]2[C@@H](CO)O1)NCC1CC1. The Morgan fingerprint density at radius 3 is 2.69 bits per heavy atom. The predicted molar refractivity (Wildman–Crippen MR) is 125 cm³/mol. The predicted octanol–water partition coefficient (Wildman–Crippen LogP) is 2.58. The topological polar surface area (TPSA) is 115 Å². The summed E-state index contributed by atoms with van der Waals surface area (Å²) in [5.74, 6) is 2.16. The van der Waals surface area contributed by atoms with Gasteiger partial charge < -0.3 is 34.7 Å². The lowest BCUT2D eigenvalue weighted by atomic mass is 9.84. The number of hydrogen-bond donors (Lipinski definition) is 3. The minimum absolute atomic E-state index is 0.0269. The van der Waals surface area contributed by atoms with Crippen LogP contribution in [0.2, 0.25) is 0 Å². The van der Waals surface area contributed by atoms with Crippen molar-refractivity contribution in [1.29, 1.82) is 0 Å². The molecule has 1 saturated heterocycles. The van der Waals surface area contributed by atoms with Gasteiger partial charge in [-0.25, -0.2) is 0 Å². The van der Waals surface area contributed by atoms with Crippen molar-refractivity contribution < 1.29 is 33.6 Å². The van der Waals surface area contributed by atoms with Crippen LogP contribution in [-0.2, 0) is 9.53 Å². The average molecular weight is 481 g/mol. The zero-order chi connectivity index (χ0) is 23.9. The highest BCUT2D eigenvalue weighted by Crippen LogP contribution is 2.47. The molecular formula is C26H28N2O7. The smallest absolute Gasteiger partial charge is 0.255 e. The van der Waals surface area contributed by atoms with E-state index < -0.39 is 6.10 Å². The van der Waals surface area contributed by atoms with E-state index >= 15 is 0 Å². The number of aliphatic hydroxyl groups is 1. The number of nitrogens with one attached hydrogen (secondary N) is 2. The maximum Gasteiger partial charge on any atom is 0.255 e. The molecule has 2 aromatic carbocycles. The van der Waals surface area contributed by atoms with Crippen molar-refractivity contribution >= 4 is 17.5 Å². The zero-order valence-corrected chi connectivity index (χ0v) is 19.2. The number of fused-ring (bicyclic) bond motifs is 4. The molecule has 3 aliphatic heterocycles. The number of aliphatic hydroxyl groups excluding tert-OH is 1. The van der Waals surface area contributed by atoms with Crippen LogP contribution in [0.5, 0.6) is 17.2 Å². The minimum Gasteiger partial charge on any atom is -0.487 e. The number of ether oxygens (including phenoxy) is 4. The first-order valence-electron chi connectivity index (χ1n) is 12.1. The maximum atomic E-state index is 12.8. The van der Waals surface area contributed by atoms with Crippen LogP contribution in [0.25, 0.3) is 0 Å². The van der Waals surface area contributed by atoms with Crippen LogP contribution in [0.4, 0.5) is 5.69 Å². The molecule has 1 saturated carbocycles.